The van der Waals surface area contributed by atoms with E-state index in [9.17, 15) is 8.42 Å². The molecule has 0 saturated carbocycles. The van der Waals surface area contributed by atoms with Crippen LogP contribution in [0.1, 0.15) is 6.42 Å². The van der Waals surface area contributed by atoms with Crippen LogP contribution in [0.25, 0.3) is 0 Å². The minimum atomic E-state index is -3.28. The molecule has 1 aliphatic rings. The molecule has 0 atom stereocenters. The van der Waals surface area contributed by atoms with Gasteiger partial charge in [-0.3, -0.25) is 4.90 Å². The van der Waals surface area contributed by atoms with E-state index < -0.39 is 9.84 Å². The molecule has 0 amide bonds. The van der Waals surface area contributed by atoms with Gasteiger partial charge in [-0.25, -0.2) is 13.4 Å². The second-order valence-corrected chi connectivity index (χ2v) is 9.13. The van der Waals surface area contributed by atoms with Crippen LogP contribution in [-0.4, -0.2) is 63.8 Å². The molecule has 1 aromatic heterocycles. The van der Waals surface area contributed by atoms with Gasteiger partial charge in [0.05, 0.1) is 0 Å². The van der Waals surface area contributed by atoms with Crippen LogP contribution in [0.2, 0.25) is 5.02 Å². The number of aromatic nitrogens is 1. The van der Waals surface area contributed by atoms with Crippen molar-refractivity contribution in [3.05, 3.63) is 47.6 Å². The Morgan fingerprint density at radius 1 is 1.15 bits per heavy atom. The monoisotopic (exact) mass is 408 g/mol. The molecule has 0 unspecified atom stereocenters. The van der Waals surface area contributed by atoms with Gasteiger partial charge in [-0.1, -0.05) is 17.7 Å². The average Bonchev–Trinajstić information content (AvgIpc) is 2.65. The molecule has 0 radical (unpaired) electrons. The number of benzene rings is 1. The Kier molecular flexibility index (Phi) is 6.57. The Bertz CT molecular complexity index is 868. The van der Waals surface area contributed by atoms with Crippen molar-refractivity contribution >= 4 is 32.9 Å². The molecule has 1 saturated heterocycles. The van der Waals surface area contributed by atoms with Gasteiger partial charge >= 0.3 is 0 Å². The van der Waals surface area contributed by atoms with Crippen molar-refractivity contribution < 1.29 is 8.42 Å². The van der Waals surface area contributed by atoms with Gasteiger partial charge in [0.1, 0.15) is 10.7 Å². The van der Waals surface area contributed by atoms with E-state index in [0.29, 0.717) is 12.4 Å². The highest BCUT2D eigenvalue weighted by Gasteiger charge is 2.17. The lowest BCUT2D eigenvalue weighted by molar-refractivity contribution is 0.257. The summed E-state index contributed by atoms with van der Waals surface area (Å²) in [5, 5.41) is 3.93. The summed E-state index contributed by atoms with van der Waals surface area (Å²) in [4.78, 5) is 9.19. The third-order valence-corrected chi connectivity index (χ3v) is 6.02. The van der Waals surface area contributed by atoms with Crippen molar-refractivity contribution in [3.8, 4) is 0 Å². The van der Waals surface area contributed by atoms with Crippen LogP contribution in [0.15, 0.2) is 47.5 Å². The third-order valence-electron chi connectivity index (χ3n) is 4.66. The van der Waals surface area contributed by atoms with Crippen molar-refractivity contribution in [1.29, 1.82) is 0 Å². The SMILES string of the molecule is CS(=O)(=O)c1cccnc1NCCCN1CCN(c2cccc(Cl)c2)CC1. The van der Waals surface area contributed by atoms with E-state index >= 15 is 0 Å². The van der Waals surface area contributed by atoms with Gasteiger partial charge < -0.3 is 10.2 Å². The van der Waals surface area contributed by atoms with E-state index in [1.807, 2.05) is 18.2 Å². The van der Waals surface area contributed by atoms with Crippen molar-refractivity contribution in [1.82, 2.24) is 9.88 Å². The van der Waals surface area contributed by atoms with Gasteiger partial charge in [0.15, 0.2) is 9.84 Å². The topological polar surface area (TPSA) is 65.5 Å². The van der Waals surface area contributed by atoms with Crippen LogP contribution in [0, 0.1) is 0 Å². The first-order chi connectivity index (χ1) is 12.9. The zero-order valence-electron chi connectivity index (χ0n) is 15.4. The summed E-state index contributed by atoms with van der Waals surface area (Å²) in [5.74, 6) is 0.436. The highest BCUT2D eigenvalue weighted by atomic mass is 35.5. The van der Waals surface area contributed by atoms with Crippen molar-refractivity contribution in [2.45, 2.75) is 11.3 Å². The first-order valence-electron chi connectivity index (χ1n) is 9.05. The van der Waals surface area contributed by atoms with E-state index in [1.54, 1.807) is 18.3 Å². The fraction of sp³-hybridized carbons (Fsp3) is 0.421. The maximum atomic E-state index is 11.8. The number of halogens is 1. The number of piperazine rings is 1. The average molecular weight is 409 g/mol. The minimum absolute atomic E-state index is 0.250. The molecular formula is C19H25ClN4O2S. The van der Waals surface area contributed by atoms with Crippen LogP contribution in [0.3, 0.4) is 0 Å². The normalized spacial score (nSPS) is 15.7. The summed E-state index contributed by atoms with van der Waals surface area (Å²) in [5.41, 5.74) is 1.17. The van der Waals surface area contributed by atoms with Crippen LogP contribution >= 0.6 is 11.6 Å². The van der Waals surface area contributed by atoms with Crippen LogP contribution in [0.4, 0.5) is 11.5 Å². The van der Waals surface area contributed by atoms with Gasteiger partial charge in [-0.15, -0.1) is 0 Å². The Morgan fingerprint density at radius 3 is 2.63 bits per heavy atom. The zero-order valence-corrected chi connectivity index (χ0v) is 17.0. The Hall–Kier alpha value is -1.83. The number of pyridine rings is 1. The molecule has 3 rings (SSSR count). The summed E-state index contributed by atoms with van der Waals surface area (Å²) in [6, 6.07) is 11.2. The number of hydrogen-bond acceptors (Lipinski definition) is 6. The maximum absolute atomic E-state index is 11.8. The Balaban J connectivity index is 1.43. The summed E-state index contributed by atoms with van der Waals surface area (Å²) >= 11 is 6.08. The molecule has 27 heavy (non-hydrogen) atoms. The molecule has 146 valence electrons. The van der Waals surface area contributed by atoms with Crippen LogP contribution in [0.5, 0.6) is 0 Å². The van der Waals surface area contributed by atoms with E-state index in [-0.39, 0.29) is 4.90 Å². The lowest BCUT2D eigenvalue weighted by Gasteiger charge is -2.36. The number of nitrogens with zero attached hydrogens (tertiary/aromatic N) is 3. The Morgan fingerprint density at radius 2 is 1.93 bits per heavy atom. The summed E-state index contributed by atoms with van der Waals surface area (Å²) in [6.07, 6.45) is 3.73. The van der Waals surface area contributed by atoms with Crippen molar-refractivity contribution in [2.75, 3.05) is 55.7 Å². The van der Waals surface area contributed by atoms with Crippen molar-refractivity contribution in [2.24, 2.45) is 0 Å². The fourth-order valence-corrected chi connectivity index (χ4v) is 4.22. The fourth-order valence-electron chi connectivity index (χ4n) is 3.23. The lowest BCUT2D eigenvalue weighted by Crippen LogP contribution is -2.46. The maximum Gasteiger partial charge on any atom is 0.179 e. The molecule has 0 aliphatic carbocycles. The molecule has 8 heteroatoms. The number of anilines is 2. The number of sulfone groups is 1. The molecule has 1 aromatic carbocycles. The second-order valence-electron chi connectivity index (χ2n) is 6.71. The van der Waals surface area contributed by atoms with E-state index in [1.165, 1.54) is 11.9 Å². The molecule has 0 bridgehead atoms. The van der Waals surface area contributed by atoms with E-state index in [2.05, 4.69) is 26.2 Å². The van der Waals surface area contributed by atoms with Gasteiger partial charge in [-0.05, 0) is 43.3 Å². The van der Waals surface area contributed by atoms with Gasteiger partial charge in [0.25, 0.3) is 0 Å². The lowest BCUT2D eigenvalue weighted by atomic mass is 10.2. The largest absolute Gasteiger partial charge is 0.369 e. The molecule has 1 aliphatic heterocycles. The number of nitrogens with one attached hydrogen (secondary N) is 1. The standard InChI is InChI=1S/C19H25ClN4O2S/c1-27(25,26)18-7-3-8-21-19(18)22-9-4-10-23-11-13-24(14-12-23)17-6-2-5-16(20)15-17/h2-3,5-8,15H,4,9-14H2,1H3,(H,21,22). The first kappa shape index (κ1) is 19.9. The second kappa shape index (κ2) is 8.91. The Labute approximate surface area is 166 Å². The zero-order chi connectivity index (χ0) is 19.3. The highest BCUT2D eigenvalue weighted by molar-refractivity contribution is 7.90. The van der Waals surface area contributed by atoms with Gasteiger partial charge in [0, 0.05) is 55.9 Å². The highest BCUT2D eigenvalue weighted by Crippen LogP contribution is 2.21. The smallest absolute Gasteiger partial charge is 0.179 e. The molecule has 1 fully saturated rings. The molecular weight excluding hydrogens is 384 g/mol. The van der Waals surface area contributed by atoms with Gasteiger partial charge in [0.2, 0.25) is 0 Å². The molecule has 1 N–H and O–H groups in total. The molecule has 2 aromatic rings. The summed E-state index contributed by atoms with van der Waals surface area (Å²) < 4.78 is 23.6. The summed E-state index contributed by atoms with van der Waals surface area (Å²) in [7, 11) is -3.28. The number of rotatable bonds is 7. The first-order valence-corrected chi connectivity index (χ1v) is 11.3. The molecule has 6 nitrogen and oxygen atoms in total. The van der Waals surface area contributed by atoms with Crippen LogP contribution in [-0.2, 0) is 9.84 Å². The van der Waals surface area contributed by atoms with E-state index in [0.717, 1.165) is 44.2 Å². The van der Waals surface area contributed by atoms with Crippen molar-refractivity contribution in [3.63, 3.8) is 0 Å². The predicted molar refractivity (Wildman–Crippen MR) is 111 cm³/mol. The number of hydrogen-bond donors (Lipinski definition) is 1. The minimum Gasteiger partial charge on any atom is -0.369 e. The predicted octanol–water partition coefficient (Wildman–Crippen LogP) is 2.76. The van der Waals surface area contributed by atoms with Crippen LogP contribution < -0.4 is 10.2 Å². The summed E-state index contributed by atoms with van der Waals surface area (Å²) in [6.45, 7) is 5.62. The third kappa shape index (κ3) is 5.57. The quantitative estimate of drug-likeness (QED) is 0.710. The van der Waals surface area contributed by atoms with Gasteiger partial charge in [-0.2, -0.15) is 0 Å². The van der Waals surface area contributed by atoms with E-state index in [4.69, 9.17) is 11.6 Å². The molecule has 0 spiro atoms. The molecule has 2 heterocycles.